The van der Waals surface area contributed by atoms with Gasteiger partial charge in [0.2, 0.25) is 0 Å². The van der Waals surface area contributed by atoms with Crippen LogP contribution < -0.4 is 10.6 Å². The Bertz CT molecular complexity index is 157. The zero-order valence-corrected chi connectivity index (χ0v) is 10.6. The topological polar surface area (TPSA) is 36.4 Å². The van der Waals surface area contributed by atoms with Crippen LogP contribution >= 0.6 is 11.8 Å². The van der Waals surface area contributed by atoms with E-state index in [0.29, 0.717) is 0 Å². The van der Waals surface area contributed by atoms with Crippen molar-refractivity contribution in [2.75, 3.05) is 32.1 Å². The molecule has 0 saturated carbocycles. The molecule has 0 bridgehead atoms. The molecule has 0 rings (SSSR count). The molecule has 0 aromatic rings. The van der Waals surface area contributed by atoms with Gasteiger partial charge >= 0.3 is 0 Å². The standard InChI is InChI=1S/C10H23N3S/c1-9(2)5-6-12-10(11-3)13-7-8-14-4/h9H,5-8H2,1-4H3,(H2,11,12,13). The summed E-state index contributed by atoms with van der Waals surface area (Å²) >= 11 is 1.84. The van der Waals surface area contributed by atoms with Gasteiger partial charge in [0, 0.05) is 25.9 Å². The zero-order chi connectivity index (χ0) is 10.8. The molecule has 0 saturated heterocycles. The molecule has 0 radical (unpaired) electrons. The number of rotatable bonds is 6. The van der Waals surface area contributed by atoms with Gasteiger partial charge in [-0.05, 0) is 18.6 Å². The highest BCUT2D eigenvalue weighted by molar-refractivity contribution is 7.98. The third kappa shape index (κ3) is 8.23. The normalized spacial score (nSPS) is 11.9. The van der Waals surface area contributed by atoms with Crippen molar-refractivity contribution >= 4 is 17.7 Å². The van der Waals surface area contributed by atoms with Gasteiger partial charge in [-0.25, -0.2) is 0 Å². The molecule has 0 amide bonds. The van der Waals surface area contributed by atoms with E-state index in [-0.39, 0.29) is 0 Å². The summed E-state index contributed by atoms with van der Waals surface area (Å²) in [7, 11) is 1.81. The van der Waals surface area contributed by atoms with Crippen LogP contribution in [-0.4, -0.2) is 38.1 Å². The molecule has 0 heterocycles. The summed E-state index contributed by atoms with van der Waals surface area (Å²) < 4.78 is 0. The minimum atomic E-state index is 0.742. The van der Waals surface area contributed by atoms with Crippen LogP contribution in [0.1, 0.15) is 20.3 Å². The Labute approximate surface area is 92.1 Å². The fourth-order valence-corrected chi connectivity index (χ4v) is 1.28. The molecule has 0 fully saturated rings. The quantitative estimate of drug-likeness (QED) is 0.403. The Morgan fingerprint density at radius 2 is 1.93 bits per heavy atom. The Morgan fingerprint density at radius 1 is 1.29 bits per heavy atom. The van der Waals surface area contributed by atoms with Gasteiger partial charge in [0.1, 0.15) is 0 Å². The lowest BCUT2D eigenvalue weighted by molar-refractivity contribution is 0.574. The van der Waals surface area contributed by atoms with E-state index in [9.17, 15) is 0 Å². The number of hydrogen-bond donors (Lipinski definition) is 2. The van der Waals surface area contributed by atoms with Crippen molar-refractivity contribution < 1.29 is 0 Å². The lowest BCUT2D eigenvalue weighted by atomic mass is 10.1. The highest BCUT2D eigenvalue weighted by Crippen LogP contribution is 1.95. The first-order valence-corrected chi connectivity index (χ1v) is 6.53. The van der Waals surface area contributed by atoms with E-state index < -0.39 is 0 Å². The fraction of sp³-hybridized carbons (Fsp3) is 0.900. The van der Waals surface area contributed by atoms with Crippen molar-refractivity contribution in [2.24, 2.45) is 10.9 Å². The molecule has 0 aromatic carbocycles. The number of nitrogens with one attached hydrogen (secondary N) is 2. The van der Waals surface area contributed by atoms with Gasteiger partial charge in [0.15, 0.2) is 5.96 Å². The molecular weight excluding hydrogens is 194 g/mol. The summed E-state index contributed by atoms with van der Waals surface area (Å²) in [5.74, 6) is 2.77. The van der Waals surface area contributed by atoms with Crippen LogP contribution in [0.4, 0.5) is 0 Å². The predicted molar refractivity (Wildman–Crippen MR) is 67.2 cm³/mol. The largest absolute Gasteiger partial charge is 0.356 e. The van der Waals surface area contributed by atoms with Crippen LogP contribution in [0.3, 0.4) is 0 Å². The SMILES string of the molecule is CN=C(NCCSC)NCCC(C)C. The van der Waals surface area contributed by atoms with Crippen molar-refractivity contribution in [3.8, 4) is 0 Å². The summed E-state index contributed by atoms with van der Waals surface area (Å²) in [5, 5.41) is 6.55. The van der Waals surface area contributed by atoms with E-state index in [2.05, 4.69) is 35.7 Å². The van der Waals surface area contributed by atoms with E-state index in [1.165, 1.54) is 6.42 Å². The maximum Gasteiger partial charge on any atom is 0.191 e. The molecule has 3 nitrogen and oxygen atoms in total. The van der Waals surface area contributed by atoms with E-state index >= 15 is 0 Å². The van der Waals surface area contributed by atoms with Crippen LogP contribution in [0.2, 0.25) is 0 Å². The van der Waals surface area contributed by atoms with Gasteiger partial charge in [-0.15, -0.1) is 0 Å². The average molecular weight is 217 g/mol. The molecule has 14 heavy (non-hydrogen) atoms. The number of aliphatic imine (C=N–C) groups is 1. The summed E-state index contributed by atoms with van der Waals surface area (Å²) in [5.41, 5.74) is 0. The van der Waals surface area contributed by atoms with Crippen LogP contribution in [0.15, 0.2) is 4.99 Å². The minimum absolute atomic E-state index is 0.742. The number of nitrogens with zero attached hydrogens (tertiary/aromatic N) is 1. The van der Waals surface area contributed by atoms with Gasteiger partial charge in [0.05, 0.1) is 0 Å². The molecule has 0 atom stereocenters. The average Bonchev–Trinajstić information content (AvgIpc) is 2.15. The van der Waals surface area contributed by atoms with Gasteiger partial charge in [-0.1, -0.05) is 13.8 Å². The molecule has 0 spiro atoms. The van der Waals surface area contributed by atoms with E-state index in [4.69, 9.17) is 0 Å². The predicted octanol–water partition coefficient (Wildman–Crippen LogP) is 1.56. The first-order chi connectivity index (χ1) is 6.70. The summed E-state index contributed by atoms with van der Waals surface area (Å²) in [6, 6.07) is 0. The second-order valence-electron chi connectivity index (χ2n) is 3.60. The van der Waals surface area contributed by atoms with Crippen molar-refractivity contribution in [1.82, 2.24) is 10.6 Å². The van der Waals surface area contributed by atoms with Crippen molar-refractivity contribution in [1.29, 1.82) is 0 Å². The highest BCUT2D eigenvalue weighted by Gasteiger charge is 1.97. The maximum atomic E-state index is 4.14. The van der Waals surface area contributed by atoms with Crippen molar-refractivity contribution in [3.05, 3.63) is 0 Å². The molecule has 2 N–H and O–H groups in total. The van der Waals surface area contributed by atoms with E-state index in [1.807, 2.05) is 18.8 Å². The molecule has 0 aliphatic heterocycles. The van der Waals surface area contributed by atoms with Crippen LogP contribution in [-0.2, 0) is 0 Å². The Balaban J connectivity index is 3.49. The molecule has 84 valence electrons. The van der Waals surface area contributed by atoms with Crippen LogP contribution in [0.5, 0.6) is 0 Å². The van der Waals surface area contributed by atoms with Gasteiger partial charge in [0.25, 0.3) is 0 Å². The second kappa shape index (κ2) is 9.19. The van der Waals surface area contributed by atoms with E-state index in [0.717, 1.165) is 30.7 Å². The van der Waals surface area contributed by atoms with E-state index in [1.54, 1.807) is 0 Å². The van der Waals surface area contributed by atoms with Gasteiger partial charge in [-0.3, -0.25) is 4.99 Å². The van der Waals surface area contributed by atoms with Gasteiger partial charge in [-0.2, -0.15) is 11.8 Å². The van der Waals surface area contributed by atoms with Gasteiger partial charge < -0.3 is 10.6 Å². The molecule has 0 aromatic heterocycles. The smallest absolute Gasteiger partial charge is 0.191 e. The lowest BCUT2D eigenvalue weighted by Crippen LogP contribution is -2.39. The van der Waals surface area contributed by atoms with Crippen molar-refractivity contribution in [3.63, 3.8) is 0 Å². The molecule has 0 aliphatic rings. The van der Waals surface area contributed by atoms with Crippen LogP contribution in [0, 0.1) is 5.92 Å². The molecule has 0 unspecified atom stereocenters. The number of thioether (sulfide) groups is 1. The molecule has 0 aliphatic carbocycles. The Morgan fingerprint density at radius 3 is 2.43 bits per heavy atom. The monoisotopic (exact) mass is 217 g/mol. The van der Waals surface area contributed by atoms with Crippen LogP contribution in [0.25, 0.3) is 0 Å². The Kier molecular flexibility index (Phi) is 8.94. The fourth-order valence-electron chi connectivity index (χ4n) is 0.971. The first-order valence-electron chi connectivity index (χ1n) is 5.14. The lowest BCUT2D eigenvalue weighted by Gasteiger charge is -2.12. The second-order valence-corrected chi connectivity index (χ2v) is 4.59. The number of guanidine groups is 1. The Hall–Kier alpha value is -0.380. The summed E-state index contributed by atoms with van der Waals surface area (Å²) in [6.07, 6.45) is 3.29. The molecule has 4 heteroatoms. The first kappa shape index (κ1) is 13.6. The summed E-state index contributed by atoms with van der Waals surface area (Å²) in [4.78, 5) is 4.14. The maximum absolute atomic E-state index is 4.14. The molecular formula is C10H23N3S. The summed E-state index contributed by atoms with van der Waals surface area (Å²) in [6.45, 7) is 6.43. The highest BCUT2D eigenvalue weighted by atomic mass is 32.2. The minimum Gasteiger partial charge on any atom is -0.356 e. The third-order valence-corrected chi connectivity index (χ3v) is 2.45. The van der Waals surface area contributed by atoms with Crippen molar-refractivity contribution in [2.45, 2.75) is 20.3 Å². The third-order valence-electron chi connectivity index (χ3n) is 1.84. The number of hydrogen-bond acceptors (Lipinski definition) is 2. The zero-order valence-electron chi connectivity index (χ0n) is 9.76.